The van der Waals surface area contributed by atoms with E-state index in [2.05, 4.69) is 26.6 Å². The van der Waals surface area contributed by atoms with Crippen molar-refractivity contribution >= 4 is 33.6 Å². The smallest absolute Gasteiger partial charge is 0.326 e. The number of halogens is 1. The molecule has 0 radical (unpaired) electrons. The van der Waals surface area contributed by atoms with Crippen LogP contribution >= 0.6 is 15.9 Å². The molecular formula is C13H17BrN2O3. The van der Waals surface area contributed by atoms with Crippen LogP contribution < -0.4 is 10.6 Å². The summed E-state index contributed by atoms with van der Waals surface area (Å²) in [6, 6.07) is 2.41. The van der Waals surface area contributed by atoms with E-state index < -0.39 is 18.0 Å². The van der Waals surface area contributed by atoms with E-state index in [9.17, 15) is 9.59 Å². The third-order valence-corrected chi connectivity index (χ3v) is 3.31. The van der Waals surface area contributed by atoms with Gasteiger partial charge in [0.15, 0.2) is 0 Å². The zero-order chi connectivity index (χ0) is 14.6. The Labute approximate surface area is 120 Å². The fraction of sp³-hybridized carbons (Fsp3) is 0.385. The van der Waals surface area contributed by atoms with Gasteiger partial charge in [-0.3, -0.25) is 0 Å². The molecule has 0 unspecified atom stereocenters. The molecule has 0 aliphatic rings. The number of carbonyl (C=O) groups is 2. The number of urea groups is 1. The standard InChI is InChI=1S/C13H17BrN2O3/c1-4-10(12(17)18)15-13(19)16-11-8(3)5-7(2)6-9(11)14/h5-6,10H,4H2,1-3H3,(H,17,18)(H2,15,16,19)/t10-/m0/s1. The quantitative estimate of drug-likeness (QED) is 0.794. The van der Waals surface area contributed by atoms with Crippen molar-refractivity contribution in [1.82, 2.24) is 5.32 Å². The number of carboxylic acid groups (broad SMARTS) is 1. The molecule has 0 spiro atoms. The average Bonchev–Trinajstić information content (AvgIpc) is 2.30. The third kappa shape index (κ3) is 4.24. The lowest BCUT2D eigenvalue weighted by atomic mass is 10.1. The monoisotopic (exact) mass is 328 g/mol. The van der Waals surface area contributed by atoms with Crippen molar-refractivity contribution < 1.29 is 14.7 Å². The Kier molecular flexibility index (Phi) is 5.35. The number of carboxylic acids is 1. The molecule has 5 nitrogen and oxygen atoms in total. The van der Waals surface area contributed by atoms with Gasteiger partial charge in [0.1, 0.15) is 6.04 Å². The highest BCUT2D eigenvalue weighted by atomic mass is 79.9. The second-order valence-electron chi connectivity index (χ2n) is 4.34. The van der Waals surface area contributed by atoms with Crippen molar-refractivity contribution in [1.29, 1.82) is 0 Å². The molecule has 1 rings (SSSR count). The summed E-state index contributed by atoms with van der Waals surface area (Å²) in [6.45, 7) is 5.53. The fourth-order valence-electron chi connectivity index (χ4n) is 1.72. The highest BCUT2D eigenvalue weighted by molar-refractivity contribution is 9.10. The maximum Gasteiger partial charge on any atom is 0.326 e. The molecule has 1 aromatic carbocycles. The van der Waals surface area contributed by atoms with Crippen LogP contribution in [0.5, 0.6) is 0 Å². The molecule has 0 bridgehead atoms. The van der Waals surface area contributed by atoms with E-state index in [1.165, 1.54) is 0 Å². The van der Waals surface area contributed by atoms with Crippen molar-refractivity contribution in [2.75, 3.05) is 5.32 Å². The minimum absolute atomic E-state index is 0.330. The molecule has 0 fully saturated rings. The van der Waals surface area contributed by atoms with Crippen molar-refractivity contribution in [3.05, 3.63) is 27.7 Å². The molecule has 0 aliphatic carbocycles. The van der Waals surface area contributed by atoms with Crippen LogP contribution in [0.3, 0.4) is 0 Å². The summed E-state index contributed by atoms with van der Waals surface area (Å²) >= 11 is 3.38. The van der Waals surface area contributed by atoms with Gasteiger partial charge < -0.3 is 15.7 Å². The van der Waals surface area contributed by atoms with Crippen LogP contribution in [-0.2, 0) is 4.79 Å². The zero-order valence-electron chi connectivity index (χ0n) is 11.1. The number of amides is 2. The lowest BCUT2D eigenvalue weighted by Crippen LogP contribution is -2.42. The van der Waals surface area contributed by atoms with Gasteiger partial charge >= 0.3 is 12.0 Å². The van der Waals surface area contributed by atoms with Crippen molar-refractivity contribution in [3.63, 3.8) is 0 Å². The summed E-state index contributed by atoms with van der Waals surface area (Å²) in [4.78, 5) is 22.6. The number of hydrogen-bond donors (Lipinski definition) is 3. The van der Waals surface area contributed by atoms with Gasteiger partial charge in [-0.2, -0.15) is 0 Å². The molecule has 0 aromatic heterocycles. The van der Waals surface area contributed by atoms with Gasteiger partial charge in [-0.15, -0.1) is 0 Å². The largest absolute Gasteiger partial charge is 0.480 e. The molecule has 19 heavy (non-hydrogen) atoms. The number of nitrogens with one attached hydrogen (secondary N) is 2. The fourth-order valence-corrected chi connectivity index (χ4v) is 2.49. The first-order valence-corrected chi connectivity index (χ1v) is 6.71. The highest BCUT2D eigenvalue weighted by Gasteiger charge is 2.18. The van der Waals surface area contributed by atoms with Gasteiger partial charge in [0.05, 0.1) is 5.69 Å². The van der Waals surface area contributed by atoms with Gasteiger partial charge in [0.25, 0.3) is 0 Å². The molecule has 0 saturated carbocycles. The van der Waals surface area contributed by atoms with Crippen molar-refractivity contribution in [3.8, 4) is 0 Å². The first-order valence-electron chi connectivity index (χ1n) is 5.92. The Morgan fingerprint density at radius 2 is 2.00 bits per heavy atom. The highest BCUT2D eigenvalue weighted by Crippen LogP contribution is 2.27. The maximum absolute atomic E-state index is 11.8. The molecule has 6 heteroatoms. The summed E-state index contributed by atoms with van der Waals surface area (Å²) in [6.07, 6.45) is 0.330. The predicted octanol–water partition coefficient (Wildman–Crippen LogP) is 3.05. The predicted molar refractivity (Wildman–Crippen MR) is 77.5 cm³/mol. The molecular weight excluding hydrogens is 312 g/mol. The van der Waals surface area contributed by atoms with Gasteiger partial charge in [0.2, 0.25) is 0 Å². The molecule has 0 saturated heterocycles. The van der Waals surface area contributed by atoms with Crippen molar-refractivity contribution in [2.24, 2.45) is 0 Å². The Morgan fingerprint density at radius 1 is 1.37 bits per heavy atom. The Morgan fingerprint density at radius 3 is 2.47 bits per heavy atom. The number of aryl methyl sites for hydroxylation is 2. The zero-order valence-corrected chi connectivity index (χ0v) is 12.7. The van der Waals surface area contributed by atoms with Crippen molar-refractivity contribution in [2.45, 2.75) is 33.2 Å². The SMILES string of the molecule is CC[C@H](NC(=O)Nc1c(C)cc(C)cc1Br)C(=O)O. The number of hydrogen-bond acceptors (Lipinski definition) is 2. The van der Waals surface area contributed by atoms with Crippen LogP contribution in [0.15, 0.2) is 16.6 Å². The molecule has 0 aliphatic heterocycles. The summed E-state index contributed by atoms with van der Waals surface area (Å²) in [5.74, 6) is -1.04. The minimum atomic E-state index is -1.04. The normalized spacial score (nSPS) is 11.8. The van der Waals surface area contributed by atoms with Gasteiger partial charge in [-0.05, 0) is 53.4 Å². The molecule has 3 N–H and O–H groups in total. The van der Waals surface area contributed by atoms with Crippen LogP contribution in [0.25, 0.3) is 0 Å². The maximum atomic E-state index is 11.8. The van der Waals surface area contributed by atoms with E-state index in [0.29, 0.717) is 12.1 Å². The summed E-state index contributed by atoms with van der Waals surface area (Å²) in [5, 5.41) is 14.0. The van der Waals surface area contributed by atoms with Crippen LogP contribution in [0.1, 0.15) is 24.5 Å². The van der Waals surface area contributed by atoms with Crippen LogP contribution in [0, 0.1) is 13.8 Å². The number of anilines is 1. The minimum Gasteiger partial charge on any atom is -0.480 e. The number of aliphatic carboxylic acids is 1. The Bertz CT molecular complexity index is 480. The second-order valence-corrected chi connectivity index (χ2v) is 5.19. The topological polar surface area (TPSA) is 78.4 Å². The van der Waals surface area contributed by atoms with Crippen LogP contribution in [-0.4, -0.2) is 23.1 Å². The lowest BCUT2D eigenvalue weighted by molar-refractivity contribution is -0.139. The van der Waals surface area contributed by atoms with E-state index in [0.717, 1.165) is 15.6 Å². The van der Waals surface area contributed by atoms with Gasteiger partial charge in [-0.1, -0.05) is 13.0 Å². The molecule has 104 valence electrons. The van der Waals surface area contributed by atoms with E-state index >= 15 is 0 Å². The molecule has 2 amide bonds. The van der Waals surface area contributed by atoms with Gasteiger partial charge in [-0.25, -0.2) is 9.59 Å². The molecule has 0 heterocycles. The lowest BCUT2D eigenvalue weighted by Gasteiger charge is -2.15. The Hall–Kier alpha value is -1.56. The van der Waals surface area contributed by atoms with E-state index in [1.807, 2.05) is 26.0 Å². The number of benzene rings is 1. The first-order chi connectivity index (χ1) is 8.85. The van der Waals surface area contributed by atoms with Crippen LogP contribution in [0.4, 0.5) is 10.5 Å². The second kappa shape index (κ2) is 6.56. The Balaban J connectivity index is 2.80. The number of carbonyl (C=O) groups excluding carboxylic acids is 1. The summed E-state index contributed by atoms with van der Waals surface area (Å²) in [5.41, 5.74) is 2.63. The third-order valence-electron chi connectivity index (χ3n) is 2.68. The van der Waals surface area contributed by atoms with Gasteiger partial charge in [0, 0.05) is 4.47 Å². The van der Waals surface area contributed by atoms with Crippen LogP contribution in [0.2, 0.25) is 0 Å². The summed E-state index contributed by atoms with van der Waals surface area (Å²) in [7, 11) is 0. The first kappa shape index (κ1) is 15.5. The number of rotatable bonds is 4. The summed E-state index contributed by atoms with van der Waals surface area (Å²) < 4.78 is 0.767. The van der Waals surface area contributed by atoms with E-state index in [-0.39, 0.29) is 0 Å². The van der Waals surface area contributed by atoms with E-state index in [4.69, 9.17) is 5.11 Å². The van der Waals surface area contributed by atoms with E-state index in [1.54, 1.807) is 6.92 Å². The average molecular weight is 329 g/mol. The molecule has 1 atom stereocenters. The molecule has 1 aromatic rings.